The molecule has 8 heteroatoms. The standard InChI is InChI=1S/C10H16N.F6P/c1-9(2)8-11-6-4-10(3)5-7-11;1-7(2,3,4,5)6/h4-7,9H,8H2,1-3H3;/q+1;-1. The summed E-state index contributed by atoms with van der Waals surface area (Å²) in [6.07, 6.45) is 4.27. The number of pyridine rings is 1. The summed E-state index contributed by atoms with van der Waals surface area (Å²) in [5.74, 6) is 0.725. The Balaban J connectivity index is 0.000000360. The quantitative estimate of drug-likeness (QED) is 0.395. The molecule has 108 valence electrons. The average Bonchev–Trinajstić information content (AvgIpc) is 2.02. The fourth-order valence-electron chi connectivity index (χ4n) is 1.08. The number of nitrogens with zero attached hydrogens (tertiary/aromatic N) is 1. The Bertz CT molecular complexity index is 368. The van der Waals surface area contributed by atoms with Crippen LogP contribution in [0.3, 0.4) is 0 Å². The summed E-state index contributed by atoms with van der Waals surface area (Å²) in [4.78, 5) is 0. The van der Waals surface area contributed by atoms with Crippen LogP contribution in [-0.2, 0) is 6.54 Å². The molecular weight excluding hydrogens is 279 g/mol. The van der Waals surface area contributed by atoms with Gasteiger partial charge >= 0.3 is 33.0 Å². The zero-order chi connectivity index (χ0) is 14.7. The van der Waals surface area contributed by atoms with Crippen LogP contribution < -0.4 is 4.57 Å². The molecule has 1 aromatic rings. The molecule has 0 saturated heterocycles. The molecule has 0 bridgehead atoms. The van der Waals surface area contributed by atoms with E-state index in [9.17, 15) is 25.2 Å². The van der Waals surface area contributed by atoms with Gasteiger partial charge in [-0.15, -0.1) is 0 Å². The second kappa shape index (κ2) is 4.68. The van der Waals surface area contributed by atoms with Crippen molar-refractivity contribution in [2.45, 2.75) is 27.3 Å². The second-order valence-corrected chi connectivity index (χ2v) is 6.34. The maximum absolute atomic E-state index is 10.7. The molecule has 0 saturated carbocycles. The van der Waals surface area contributed by atoms with Gasteiger partial charge in [0.25, 0.3) is 0 Å². The Morgan fingerprint density at radius 2 is 1.33 bits per heavy atom. The third-order valence-electron chi connectivity index (χ3n) is 1.63. The summed E-state index contributed by atoms with van der Waals surface area (Å²) < 4.78 is 61.4. The van der Waals surface area contributed by atoms with E-state index in [1.165, 1.54) is 5.56 Å². The molecular formula is C10H16F6NP. The molecule has 1 nitrogen and oxygen atoms in total. The molecule has 0 aliphatic rings. The Kier molecular flexibility index (Phi) is 4.46. The predicted molar refractivity (Wildman–Crippen MR) is 59.8 cm³/mol. The van der Waals surface area contributed by atoms with Crippen molar-refractivity contribution in [2.75, 3.05) is 0 Å². The van der Waals surface area contributed by atoms with E-state index in [0.717, 1.165) is 12.5 Å². The van der Waals surface area contributed by atoms with Crippen LogP contribution >= 0.6 is 7.81 Å². The minimum atomic E-state index is -10.7. The molecule has 0 aromatic carbocycles. The fraction of sp³-hybridized carbons (Fsp3) is 0.500. The summed E-state index contributed by atoms with van der Waals surface area (Å²) in [6.45, 7) is 7.68. The van der Waals surface area contributed by atoms with Crippen molar-refractivity contribution in [3.05, 3.63) is 30.1 Å². The second-order valence-electron chi connectivity index (χ2n) is 4.42. The molecule has 0 N–H and O–H groups in total. The van der Waals surface area contributed by atoms with Gasteiger partial charge in [0.15, 0.2) is 18.9 Å². The van der Waals surface area contributed by atoms with Gasteiger partial charge in [-0.25, -0.2) is 4.57 Å². The van der Waals surface area contributed by atoms with Gasteiger partial charge in [-0.1, -0.05) is 13.8 Å². The van der Waals surface area contributed by atoms with Crippen molar-refractivity contribution < 1.29 is 29.7 Å². The first kappa shape index (κ1) is 17.2. The van der Waals surface area contributed by atoms with Crippen LogP contribution in [0.25, 0.3) is 0 Å². The number of hydrogen-bond acceptors (Lipinski definition) is 0. The Labute approximate surface area is 102 Å². The maximum atomic E-state index is 9.87. The summed E-state index contributed by atoms with van der Waals surface area (Å²) in [6, 6.07) is 4.28. The third kappa shape index (κ3) is 17.6. The molecule has 1 heterocycles. The normalized spacial score (nSPS) is 15.4. The van der Waals surface area contributed by atoms with Crippen molar-refractivity contribution in [1.82, 2.24) is 0 Å². The van der Waals surface area contributed by atoms with Crippen molar-refractivity contribution in [3.63, 3.8) is 0 Å². The molecule has 0 unspecified atom stereocenters. The number of hydrogen-bond donors (Lipinski definition) is 0. The van der Waals surface area contributed by atoms with Gasteiger partial charge in [0, 0.05) is 18.1 Å². The average molecular weight is 295 g/mol. The minimum absolute atomic E-state index is 0.725. The van der Waals surface area contributed by atoms with Gasteiger partial charge in [0.1, 0.15) is 0 Å². The van der Waals surface area contributed by atoms with E-state index in [2.05, 4.69) is 49.9 Å². The Hall–Kier alpha value is -0.840. The van der Waals surface area contributed by atoms with Crippen LogP contribution in [0.4, 0.5) is 25.2 Å². The van der Waals surface area contributed by atoms with Gasteiger partial charge < -0.3 is 0 Å². The molecule has 0 spiro atoms. The van der Waals surface area contributed by atoms with E-state index in [1.54, 1.807) is 0 Å². The summed E-state index contributed by atoms with van der Waals surface area (Å²) in [7, 11) is -10.7. The SMILES string of the molecule is Cc1cc[n+](CC(C)C)cc1.F[P-](F)(F)(F)(F)F. The van der Waals surface area contributed by atoms with Crippen molar-refractivity contribution >= 4 is 7.81 Å². The first-order valence-electron chi connectivity index (χ1n) is 5.15. The molecule has 0 atom stereocenters. The van der Waals surface area contributed by atoms with Crippen LogP contribution in [0.1, 0.15) is 19.4 Å². The van der Waals surface area contributed by atoms with E-state index in [-0.39, 0.29) is 0 Å². The van der Waals surface area contributed by atoms with Gasteiger partial charge in [-0.05, 0) is 12.5 Å². The van der Waals surface area contributed by atoms with Gasteiger partial charge in [0.05, 0.1) is 0 Å². The van der Waals surface area contributed by atoms with E-state index < -0.39 is 7.81 Å². The van der Waals surface area contributed by atoms with E-state index in [4.69, 9.17) is 0 Å². The molecule has 0 amide bonds. The number of aryl methyl sites for hydroxylation is 1. The zero-order valence-electron chi connectivity index (χ0n) is 10.3. The molecule has 0 aliphatic heterocycles. The van der Waals surface area contributed by atoms with Gasteiger partial charge in [-0.2, -0.15) is 0 Å². The zero-order valence-corrected chi connectivity index (χ0v) is 11.2. The number of aromatic nitrogens is 1. The van der Waals surface area contributed by atoms with Crippen LogP contribution in [0.2, 0.25) is 0 Å². The van der Waals surface area contributed by atoms with Crippen molar-refractivity contribution in [1.29, 1.82) is 0 Å². The predicted octanol–water partition coefficient (Wildman–Crippen LogP) is 5.32. The van der Waals surface area contributed by atoms with Crippen LogP contribution in [0.15, 0.2) is 24.5 Å². The first-order valence-corrected chi connectivity index (χ1v) is 7.18. The Morgan fingerprint density at radius 1 is 1.00 bits per heavy atom. The van der Waals surface area contributed by atoms with Crippen LogP contribution in [0.5, 0.6) is 0 Å². The molecule has 1 rings (SSSR count). The summed E-state index contributed by atoms with van der Waals surface area (Å²) >= 11 is 0. The van der Waals surface area contributed by atoms with E-state index in [0.29, 0.717) is 0 Å². The summed E-state index contributed by atoms with van der Waals surface area (Å²) in [5.41, 5.74) is 1.32. The van der Waals surface area contributed by atoms with Crippen molar-refractivity contribution in [3.8, 4) is 0 Å². The molecule has 18 heavy (non-hydrogen) atoms. The third-order valence-corrected chi connectivity index (χ3v) is 1.63. The number of halogens is 6. The van der Waals surface area contributed by atoms with Gasteiger partial charge in [-0.3, -0.25) is 0 Å². The Morgan fingerprint density at radius 3 is 1.61 bits per heavy atom. The van der Waals surface area contributed by atoms with Crippen molar-refractivity contribution in [2.24, 2.45) is 5.92 Å². The molecule has 1 aromatic heterocycles. The molecule has 0 radical (unpaired) electrons. The topological polar surface area (TPSA) is 3.88 Å². The molecule has 0 fully saturated rings. The number of rotatable bonds is 2. The van der Waals surface area contributed by atoms with E-state index in [1.807, 2.05) is 0 Å². The molecule has 0 aliphatic carbocycles. The van der Waals surface area contributed by atoms with Gasteiger partial charge in [0.2, 0.25) is 0 Å². The first-order chi connectivity index (χ1) is 7.63. The summed E-state index contributed by atoms with van der Waals surface area (Å²) in [5, 5.41) is 0. The van der Waals surface area contributed by atoms with Crippen LogP contribution in [-0.4, -0.2) is 0 Å². The van der Waals surface area contributed by atoms with E-state index >= 15 is 0 Å². The van der Waals surface area contributed by atoms with Crippen LogP contribution in [0, 0.1) is 12.8 Å². The fourth-order valence-corrected chi connectivity index (χ4v) is 1.08. The monoisotopic (exact) mass is 295 g/mol.